The van der Waals surface area contributed by atoms with Crippen molar-refractivity contribution in [3.63, 3.8) is 0 Å². The van der Waals surface area contributed by atoms with Gasteiger partial charge >= 0.3 is 7.12 Å². The summed E-state index contributed by atoms with van der Waals surface area (Å²) in [6.45, 7) is 0.615. The predicted octanol–water partition coefficient (Wildman–Crippen LogP) is -0.447. The number of benzene rings is 1. The van der Waals surface area contributed by atoms with E-state index in [4.69, 9.17) is 10.0 Å². The third-order valence-corrected chi connectivity index (χ3v) is 1.81. The minimum atomic E-state index is -1.44. The Morgan fingerprint density at radius 1 is 1.27 bits per heavy atom. The van der Waals surface area contributed by atoms with Crippen molar-refractivity contribution in [3.05, 3.63) is 35.9 Å². The summed E-state index contributed by atoms with van der Waals surface area (Å²) < 4.78 is 4.47. The van der Waals surface area contributed by atoms with Crippen molar-refractivity contribution < 1.29 is 19.6 Å². The van der Waals surface area contributed by atoms with Crippen LogP contribution in [0.4, 0.5) is 0 Å². The SMILES string of the molecule is O=COCC=Cc1ccc(B(O)O)cc1. The highest BCUT2D eigenvalue weighted by Gasteiger charge is 2.08. The van der Waals surface area contributed by atoms with Crippen LogP contribution in [-0.2, 0) is 9.53 Å². The third kappa shape index (κ3) is 3.97. The Labute approximate surface area is 88.0 Å². The van der Waals surface area contributed by atoms with E-state index in [1.54, 1.807) is 36.4 Å². The van der Waals surface area contributed by atoms with Crippen molar-refractivity contribution >= 4 is 25.1 Å². The van der Waals surface area contributed by atoms with Gasteiger partial charge in [-0.1, -0.05) is 30.3 Å². The molecule has 0 aliphatic carbocycles. The van der Waals surface area contributed by atoms with Gasteiger partial charge in [-0.2, -0.15) is 0 Å². The number of hydrogen-bond donors (Lipinski definition) is 2. The first-order chi connectivity index (χ1) is 7.24. The summed E-state index contributed by atoms with van der Waals surface area (Å²) in [5, 5.41) is 17.7. The van der Waals surface area contributed by atoms with Gasteiger partial charge < -0.3 is 14.8 Å². The molecular formula is C10H11BO4. The first kappa shape index (κ1) is 11.5. The van der Waals surface area contributed by atoms with E-state index in [0.717, 1.165) is 5.56 Å². The molecule has 0 aliphatic heterocycles. The van der Waals surface area contributed by atoms with E-state index in [0.29, 0.717) is 11.9 Å². The van der Waals surface area contributed by atoms with Crippen LogP contribution in [0.25, 0.3) is 6.08 Å². The minimum absolute atomic E-state index is 0.230. The number of hydrogen-bond acceptors (Lipinski definition) is 4. The molecule has 0 aliphatic rings. The monoisotopic (exact) mass is 206 g/mol. The molecule has 2 N–H and O–H groups in total. The van der Waals surface area contributed by atoms with Crippen LogP contribution < -0.4 is 5.46 Å². The van der Waals surface area contributed by atoms with E-state index in [1.807, 2.05) is 0 Å². The van der Waals surface area contributed by atoms with Gasteiger partial charge in [0.25, 0.3) is 6.47 Å². The summed E-state index contributed by atoms with van der Waals surface area (Å²) in [6, 6.07) is 6.72. The van der Waals surface area contributed by atoms with Crippen molar-refractivity contribution in [2.75, 3.05) is 6.61 Å². The molecule has 0 fully saturated rings. The van der Waals surface area contributed by atoms with Gasteiger partial charge in [0, 0.05) is 0 Å². The van der Waals surface area contributed by atoms with Crippen molar-refractivity contribution in [1.29, 1.82) is 0 Å². The Bertz CT molecular complexity index is 332. The van der Waals surface area contributed by atoms with Crippen molar-refractivity contribution in [3.8, 4) is 0 Å². The number of ether oxygens (including phenoxy) is 1. The van der Waals surface area contributed by atoms with Crippen LogP contribution in [0.2, 0.25) is 0 Å². The Hall–Kier alpha value is -1.59. The second-order valence-corrected chi connectivity index (χ2v) is 2.87. The summed E-state index contributed by atoms with van der Waals surface area (Å²) in [6.07, 6.45) is 3.47. The summed E-state index contributed by atoms with van der Waals surface area (Å²) >= 11 is 0. The molecule has 0 unspecified atom stereocenters. The van der Waals surface area contributed by atoms with Crippen molar-refractivity contribution in [1.82, 2.24) is 0 Å². The highest BCUT2D eigenvalue weighted by atomic mass is 16.5. The summed E-state index contributed by atoms with van der Waals surface area (Å²) in [4.78, 5) is 9.82. The predicted molar refractivity (Wildman–Crippen MR) is 57.3 cm³/mol. The first-order valence-corrected chi connectivity index (χ1v) is 4.42. The van der Waals surface area contributed by atoms with Crippen LogP contribution in [0.1, 0.15) is 5.56 Å². The molecule has 0 amide bonds. The molecule has 1 aromatic carbocycles. The lowest BCUT2D eigenvalue weighted by Crippen LogP contribution is -2.29. The standard InChI is InChI=1S/C10H11BO4/c12-8-15-7-1-2-9-3-5-10(6-4-9)11(13)14/h1-6,8,13-14H,7H2. The summed E-state index contributed by atoms with van der Waals surface area (Å²) in [5.74, 6) is 0. The van der Waals surface area contributed by atoms with Gasteiger partial charge in [-0.05, 0) is 17.1 Å². The molecule has 15 heavy (non-hydrogen) atoms. The van der Waals surface area contributed by atoms with Crippen LogP contribution in [0.15, 0.2) is 30.3 Å². The zero-order valence-electron chi connectivity index (χ0n) is 8.04. The average molecular weight is 206 g/mol. The Kier molecular flexibility index (Phi) is 4.60. The van der Waals surface area contributed by atoms with Crippen LogP contribution in [0.3, 0.4) is 0 Å². The number of rotatable bonds is 5. The fourth-order valence-electron chi connectivity index (χ4n) is 1.06. The third-order valence-electron chi connectivity index (χ3n) is 1.81. The minimum Gasteiger partial charge on any atom is -0.464 e. The maximum absolute atomic E-state index is 9.82. The molecule has 0 saturated heterocycles. The largest absolute Gasteiger partial charge is 0.488 e. The maximum Gasteiger partial charge on any atom is 0.488 e. The molecule has 0 spiro atoms. The van der Waals surface area contributed by atoms with Gasteiger partial charge in [-0.25, -0.2) is 0 Å². The average Bonchev–Trinajstić information content (AvgIpc) is 2.25. The molecular weight excluding hydrogens is 195 g/mol. The van der Waals surface area contributed by atoms with Gasteiger partial charge in [-0.15, -0.1) is 0 Å². The molecule has 0 aromatic heterocycles. The molecule has 1 aromatic rings. The van der Waals surface area contributed by atoms with Crippen molar-refractivity contribution in [2.45, 2.75) is 0 Å². The van der Waals surface area contributed by atoms with Crippen LogP contribution in [-0.4, -0.2) is 30.2 Å². The number of carbonyl (C=O) groups is 1. The van der Waals surface area contributed by atoms with E-state index < -0.39 is 7.12 Å². The van der Waals surface area contributed by atoms with Crippen LogP contribution in [0.5, 0.6) is 0 Å². The lowest BCUT2D eigenvalue weighted by Gasteiger charge is -1.99. The van der Waals surface area contributed by atoms with Crippen molar-refractivity contribution in [2.24, 2.45) is 0 Å². The second-order valence-electron chi connectivity index (χ2n) is 2.87. The van der Waals surface area contributed by atoms with Gasteiger partial charge in [0.15, 0.2) is 0 Å². The fourth-order valence-corrected chi connectivity index (χ4v) is 1.06. The Balaban J connectivity index is 2.56. The molecule has 5 heteroatoms. The lowest BCUT2D eigenvalue weighted by molar-refractivity contribution is -0.127. The van der Waals surface area contributed by atoms with Gasteiger partial charge in [0.1, 0.15) is 6.61 Å². The van der Waals surface area contributed by atoms with Gasteiger partial charge in [0.2, 0.25) is 0 Å². The molecule has 78 valence electrons. The molecule has 4 nitrogen and oxygen atoms in total. The molecule has 1 rings (SSSR count). The van der Waals surface area contributed by atoms with Gasteiger partial charge in [-0.3, -0.25) is 4.79 Å². The summed E-state index contributed by atoms with van der Waals surface area (Å²) in [7, 11) is -1.44. The van der Waals surface area contributed by atoms with E-state index in [9.17, 15) is 4.79 Å². The quantitative estimate of drug-likeness (QED) is 0.389. The highest BCUT2D eigenvalue weighted by Crippen LogP contribution is 1.99. The number of carbonyl (C=O) groups excluding carboxylic acids is 1. The van der Waals surface area contributed by atoms with Gasteiger partial charge in [0.05, 0.1) is 0 Å². The first-order valence-electron chi connectivity index (χ1n) is 4.42. The molecule has 0 atom stereocenters. The topological polar surface area (TPSA) is 66.8 Å². The smallest absolute Gasteiger partial charge is 0.464 e. The van der Waals surface area contributed by atoms with E-state index in [-0.39, 0.29) is 6.61 Å². The molecule has 0 heterocycles. The molecule has 0 bridgehead atoms. The van der Waals surface area contributed by atoms with E-state index in [2.05, 4.69) is 4.74 Å². The Morgan fingerprint density at radius 2 is 1.93 bits per heavy atom. The lowest BCUT2D eigenvalue weighted by atomic mass is 9.80. The van der Waals surface area contributed by atoms with Crippen LogP contribution >= 0.6 is 0 Å². The zero-order valence-corrected chi connectivity index (χ0v) is 8.04. The highest BCUT2D eigenvalue weighted by molar-refractivity contribution is 6.58. The normalized spacial score (nSPS) is 10.3. The fraction of sp³-hybridized carbons (Fsp3) is 0.100. The molecule has 0 saturated carbocycles. The zero-order chi connectivity index (χ0) is 11.1. The molecule has 0 radical (unpaired) electrons. The Morgan fingerprint density at radius 3 is 2.47 bits per heavy atom. The van der Waals surface area contributed by atoms with E-state index in [1.165, 1.54) is 0 Å². The second kappa shape index (κ2) is 6.00. The summed E-state index contributed by atoms with van der Waals surface area (Å²) in [5.41, 5.74) is 1.34. The van der Waals surface area contributed by atoms with Crippen LogP contribution in [0, 0.1) is 0 Å². The maximum atomic E-state index is 9.82. The van der Waals surface area contributed by atoms with E-state index >= 15 is 0 Å².